The number of hydrogen-bond donors (Lipinski definition) is 2. The minimum absolute atomic E-state index is 0.0151. The maximum Gasteiger partial charge on any atom is 0.255 e. The van der Waals surface area contributed by atoms with Crippen LogP contribution in [-0.2, 0) is 0 Å². The highest BCUT2D eigenvalue weighted by Crippen LogP contribution is 2.35. The van der Waals surface area contributed by atoms with Crippen LogP contribution < -0.4 is 20.9 Å². The van der Waals surface area contributed by atoms with E-state index in [2.05, 4.69) is 57.3 Å². The van der Waals surface area contributed by atoms with Gasteiger partial charge in [0.15, 0.2) is 0 Å². The number of carbonyl (C=O) groups excluding carboxylic acids is 1. The molecule has 1 amide bonds. The topological polar surface area (TPSA) is 64.8 Å². The molecule has 0 aromatic heterocycles. The molecule has 2 aliphatic heterocycles. The van der Waals surface area contributed by atoms with Crippen LogP contribution in [0.5, 0.6) is 0 Å². The first-order chi connectivity index (χ1) is 16.1. The summed E-state index contributed by atoms with van der Waals surface area (Å²) in [5, 5.41) is 3.24. The molecule has 3 N–H and O–H groups in total. The van der Waals surface area contributed by atoms with E-state index in [0.29, 0.717) is 0 Å². The van der Waals surface area contributed by atoms with Crippen molar-refractivity contribution in [2.75, 3.05) is 48.3 Å². The van der Waals surface area contributed by atoms with Crippen LogP contribution >= 0.6 is 0 Å². The van der Waals surface area contributed by atoms with Crippen molar-refractivity contribution < 1.29 is 4.79 Å². The largest absolute Gasteiger partial charge is 0.399 e. The third kappa shape index (κ3) is 4.39. The van der Waals surface area contributed by atoms with Gasteiger partial charge in [-0.2, -0.15) is 0 Å². The number of nitrogen functional groups attached to an aromatic ring is 1. The molecule has 0 radical (unpaired) electrons. The zero-order valence-corrected chi connectivity index (χ0v) is 19.0. The maximum atomic E-state index is 12.9. The molecule has 0 spiro atoms. The van der Waals surface area contributed by atoms with Gasteiger partial charge >= 0.3 is 0 Å². The highest BCUT2D eigenvalue weighted by molar-refractivity contribution is 6.02. The normalized spacial score (nSPS) is 19.7. The number of carbonyl (C=O) groups is 1. The Balaban J connectivity index is 1.33. The first kappa shape index (κ1) is 21.3. The van der Waals surface area contributed by atoms with E-state index in [1.54, 1.807) is 0 Å². The van der Waals surface area contributed by atoms with Gasteiger partial charge in [0.05, 0.1) is 11.3 Å². The van der Waals surface area contributed by atoms with Crippen molar-refractivity contribution >= 4 is 23.0 Å². The predicted octanol–water partition coefficient (Wildman–Crippen LogP) is 3.73. The van der Waals surface area contributed by atoms with Crippen molar-refractivity contribution in [2.24, 2.45) is 0 Å². The monoisotopic (exact) mass is 441 g/mol. The fraction of sp³-hybridized carbons (Fsp3) is 0.296. The van der Waals surface area contributed by atoms with Gasteiger partial charge < -0.3 is 20.9 Å². The maximum absolute atomic E-state index is 12.9. The average Bonchev–Trinajstić information content (AvgIpc) is 2.85. The van der Waals surface area contributed by atoms with Crippen LogP contribution in [0.25, 0.3) is 0 Å². The molecule has 3 aromatic rings. The SMILES string of the molecule is CC(CN1CCN(c2cccc(N)c2)CC1)N1c2ccccc2C(=O)NC1c1ccccc1. The number of piperazine rings is 1. The lowest BCUT2D eigenvalue weighted by molar-refractivity contribution is 0.0922. The molecule has 0 bridgehead atoms. The number of nitrogens with zero attached hydrogens (tertiary/aromatic N) is 3. The first-order valence-electron chi connectivity index (χ1n) is 11.7. The van der Waals surface area contributed by atoms with Crippen molar-refractivity contribution in [1.29, 1.82) is 0 Å². The Kier molecular flexibility index (Phi) is 5.92. The van der Waals surface area contributed by atoms with E-state index in [4.69, 9.17) is 5.73 Å². The Morgan fingerprint density at radius 2 is 1.67 bits per heavy atom. The van der Waals surface area contributed by atoms with E-state index in [1.165, 1.54) is 5.69 Å². The second-order valence-electron chi connectivity index (χ2n) is 8.94. The standard InChI is InChI=1S/C27H31N5O/c1-20(19-30-14-16-31(17-15-30)23-11-7-10-22(28)18-23)32-25-13-6-5-12-24(25)27(33)29-26(32)21-8-3-2-4-9-21/h2-13,18,20,26H,14-17,19,28H2,1H3,(H,29,33). The van der Waals surface area contributed by atoms with Crippen LogP contribution in [0, 0.1) is 0 Å². The highest BCUT2D eigenvalue weighted by Gasteiger charge is 2.35. The summed E-state index contributed by atoms with van der Waals surface area (Å²) in [5.41, 5.74) is 10.8. The number of rotatable bonds is 5. The Hall–Kier alpha value is -3.51. The van der Waals surface area contributed by atoms with Crippen LogP contribution in [0.2, 0.25) is 0 Å². The van der Waals surface area contributed by atoms with Crippen LogP contribution in [-0.4, -0.2) is 49.6 Å². The lowest BCUT2D eigenvalue weighted by Crippen LogP contribution is -2.55. The van der Waals surface area contributed by atoms with E-state index in [-0.39, 0.29) is 18.1 Å². The van der Waals surface area contributed by atoms with Crippen LogP contribution in [0.15, 0.2) is 78.9 Å². The van der Waals surface area contributed by atoms with Crippen LogP contribution in [0.3, 0.4) is 0 Å². The van der Waals surface area contributed by atoms with E-state index < -0.39 is 0 Å². The van der Waals surface area contributed by atoms with Crippen LogP contribution in [0.4, 0.5) is 17.1 Å². The summed E-state index contributed by atoms with van der Waals surface area (Å²) in [6.45, 7) is 7.14. The summed E-state index contributed by atoms with van der Waals surface area (Å²) in [4.78, 5) is 20.2. The van der Waals surface area contributed by atoms with Crippen molar-refractivity contribution in [1.82, 2.24) is 10.2 Å². The molecule has 2 atom stereocenters. The van der Waals surface area contributed by atoms with Gasteiger partial charge in [0, 0.05) is 50.1 Å². The molecule has 1 fully saturated rings. The average molecular weight is 442 g/mol. The second kappa shape index (κ2) is 9.16. The number of hydrogen-bond acceptors (Lipinski definition) is 5. The minimum atomic E-state index is -0.183. The summed E-state index contributed by atoms with van der Waals surface area (Å²) in [7, 11) is 0. The van der Waals surface area contributed by atoms with E-state index >= 15 is 0 Å². The molecule has 3 aromatic carbocycles. The Morgan fingerprint density at radius 3 is 2.42 bits per heavy atom. The molecule has 170 valence electrons. The Labute approximate surface area is 195 Å². The number of fused-ring (bicyclic) bond motifs is 1. The van der Waals surface area contributed by atoms with Gasteiger partial charge in [-0.05, 0) is 42.8 Å². The number of anilines is 3. The highest BCUT2D eigenvalue weighted by atomic mass is 16.2. The zero-order valence-electron chi connectivity index (χ0n) is 19.0. The summed E-state index contributed by atoms with van der Waals surface area (Å²) >= 11 is 0. The summed E-state index contributed by atoms with van der Waals surface area (Å²) in [5.74, 6) is -0.0151. The fourth-order valence-corrected chi connectivity index (χ4v) is 5.04. The number of nitrogens with one attached hydrogen (secondary N) is 1. The van der Waals surface area contributed by atoms with Crippen molar-refractivity contribution in [2.45, 2.75) is 19.1 Å². The third-order valence-electron chi connectivity index (χ3n) is 6.69. The molecule has 5 rings (SSSR count). The molecular weight excluding hydrogens is 410 g/mol. The van der Waals surface area contributed by atoms with Gasteiger partial charge in [0.25, 0.3) is 5.91 Å². The summed E-state index contributed by atoms with van der Waals surface area (Å²) < 4.78 is 0. The fourth-order valence-electron chi connectivity index (χ4n) is 5.04. The van der Waals surface area contributed by atoms with E-state index in [9.17, 15) is 4.79 Å². The van der Waals surface area contributed by atoms with E-state index in [0.717, 1.165) is 55.2 Å². The number of benzene rings is 3. The molecule has 0 saturated carbocycles. The van der Waals surface area contributed by atoms with Crippen LogP contribution in [0.1, 0.15) is 29.0 Å². The number of para-hydroxylation sites is 1. The Bertz CT molecular complexity index is 1110. The molecular formula is C27H31N5O. The van der Waals surface area contributed by atoms with Gasteiger partial charge in [0.2, 0.25) is 0 Å². The molecule has 33 heavy (non-hydrogen) atoms. The van der Waals surface area contributed by atoms with Crippen molar-refractivity contribution in [3.8, 4) is 0 Å². The summed E-state index contributed by atoms with van der Waals surface area (Å²) in [6.07, 6.45) is -0.183. The lowest BCUT2D eigenvalue weighted by Gasteiger charge is -2.45. The molecule has 6 nitrogen and oxygen atoms in total. The minimum Gasteiger partial charge on any atom is -0.399 e. The zero-order chi connectivity index (χ0) is 22.8. The third-order valence-corrected chi connectivity index (χ3v) is 6.69. The van der Waals surface area contributed by atoms with Crippen molar-refractivity contribution in [3.05, 3.63) is 90.0 Å². The van der Waals surface area contributed by atoms with Gasteiger partial charge in [-0.3, -0.25) is 9.69 Å². The lowest BCUT2D eigenvalue weighted by atomic mass is 10.0. The van der Waals surface area contributed by atoms with Crippen molar-refractivity contribution in [3.63, 3.8) is 0 Å². The molecule has 2 aliphatic rings. The summed E-state index contributed by atoms with van der Waals surface area (Å²) in [6, 6.07) is 26.5. The molecule has 0 aliphatic carbocycles. The smallest absolute Gasteiger partial charge is 0.255 e. The Morgan fingerprint density at radius 1 is 0.939 bits per heavy atom. The van der Waals surface area contributed by atoms with E-state index in [1.807, 2.05) is 48.5 Å². The molecule has 2 heterocycles. The van der Waals surface area contributed by atoms with Gasteiger partial charge in [-0.1, -0.05) is 48.5 Å². The molecule has 2 unspecified atom stereocenters. The van der Waals surface area contributed by atoms with Gasteiger partial charge in [0.1, 0.15) is 6.17 Å². The predicted molar refractivity (Wildman–Crippen MR) is 135 cm³/mol. The van der Waals surface area contributed by atoms with Gasteiger partial charge in [-0.25, -0.2) is 0 Å². The molecule has 6 heteroatoms. The molecule has 1 saturated heterocycles. The quantitative estimate of drug-likeness (QED) is 0.591. The first-order valence-corrected chi connectivity index (χ1v) is 11.7. The number of nitrogens with two attached hydrogens (primary N) is 1. The number of amides is 1. The van der Waals surface area contributed by atoms with Gasteiger partial charge in [-0.15, -0.1) is 0 Å². The second-order valence-corrected chi connectivity index (χ2v) is 8.94.